The molecule has 15 heteroatoms. The van der Waals surface area contributed by atoms with Gasteiger partial charge in [0, 0.05) is 31.5 Å². The van der Waals surface area contributed by atoms with Crippen molar-refractivity contribution in [3.05, 3.63) is 129 Å². The lowest BCUT2D eigenvalue weighted by Gasteiger charge is -2.39. The molecule has 5 atom stereocenters. The molecule has 0 spiro atoms. The van der Waals surface area contributed by atoms with E-state index in [0.717, 1.165) is 16.7 Å². The van der Waals surface area contributed by atoms with Crippen molar-refractivity contribution >= 4 is 8.53 Å². The zero-order valence-corrected chi connectivity index (χ0v) is 34.4. The topological polar surface area (TPSA) is 156 Å². The molecule has 1 fully saturated rings. The molecule has 1 N–H and O–H groups in total. The van der Waals surface area contributed by atoms with Crippen LogP contribution in [0.15, 0.2) is 101 Å². The van der Waals surface area contributed by atoms with Crippen molar-refractivity contribution in [1.29, 1.82) is 5.26 Å². The number of methoxy groups -OCH3 is 3. The lowest BCUT2D eigenvalue weighted by Crippen LogP contribution is -2.43. The van der Waals surface area contributed by atoms with Gasteiger partial charge >= 0.3 is 5.69 Å². The quantitative estimate of drug-likeness (QED) is 0.0583. The molecule has 1 aliphatic heterocycles. The van der Waals surface area contributed by atoms with Gasteiger partial charge in [0.15, 0.2) is 6.23 Å². The summed E-state index contributed by atoms with van der Waals surface area (Å²) in [6.45, 7) is 8.65. The molecule has 0 saturated carbocycles. The first-order valence-corrected chi connectivity index (χ1v) is 20.0. The van der Waals surface area contributed by atoms with Gasteiger partial charge in [0.2, 0.25) is 0 Å². The second-order valence-electron chi connectivity index (χ2n) is 13.8. The summed E-state index contributed by atoms with van der Waals surface area (Å²) in [6.07, 6.45) is -2.18. The van der Waals surface area contributed by atoms with Crippen LogP contribution >= 0.6 is 8.53 Å². The highest BCUT2D eigenvalue weighted by molar-refractivity contribution is 7.44. The van der Waals surface area contributed by atoms with Gasteiger partial charge in [-0.05, 0) is 68.7 Å². The van der Waals surface area contributed by atoms with Crippen molar-refractivity contribution in [3.63, 3.8) is 0 Å². The van der Waals surface area contributed by atoms with Crippen LogP contribution in [-0.4, -0.2) is 92.4 Å². The third-order valence-electron chi connectivity index (χ3n) is 9.52. The smallest absolute Gasteiger partial charge is 0.330 e. The average molecular weight is 805 g/mol. The maximum absolute atomic E-state index is 13.4. The Morgan fingerprint density at radius 1 is 0.825 bits per heavy atom. The molecule has 1 aromatic heterocycles. The van der Waals surface area contributed by atoms with Crippen molar-refractivity contribution in [3.8, 4) is 17.6 Å². The van der Waals surface area contributed by atoms with Crippen molar-refractivity contribution in [2.24, 2.45) is 0 Å². The first kappa shape index (κ1) is 43.7. The molecule has 5 rings (SSSR count). The molecule has 57 heavy (non-hydrogen) atoms. The van der Waals surface area contributed by atoms with E-state index in [0.29, 0.717) is 11.5 Å². The Morgan fingerprint density at radius 3 is 1.95 bits per heavy atom. The van der Waals surface area contributed by atoms with Gasteiger partial charge < -0.3 is 37.5 Å². The van der Waals surface area contributed by atoms with Crippen LogP contribution in [0, 0.1) is 11.3 Å². The number of benzene rings is 3. The Balaban J connectivity index is 1.67. The van der Waals surface area contributed by atoms with E-state index in [1.54, 1.807) is 21.3 Å². The number of hydrogen-bond donors (Lipinski definition) is 1. The maximum atomic E-state index is 13.4. The van der Waals surface area contributed by atoms with E-state index in [9.17, 15) is 14.9 Å². The number of ether oxygens (including phenoxy) is 6. The number of nitrogens with one attached hydrogen (secondary N) is 1. The molecule has 306 valence electrons. The van der Waals surface area contributed by atoms with Crippen LogP contribution in [-0.2, 0) is 33.6 Å². The van der Waals surface area contributed by atoms with Crippen molar-refractivity contribution in [2.75, 3.05) is 47.8 Å². The Kier molecular flexibility index (Phi) is 16.0. The van der Waals surface area contributed by atoms with Crippen LogP contribution < -0.4 is 20.7 Å². The normalized spacial score (nSPS) is 18.9. The average Bonchev–Trinajstić information content (AvgIpc) is 3.54. The van der Waals surface area contributed by atoms with Gasteiger partial charge in [-0.15, -0.1) is 0 Å². The van der Waals surface area contributed by atoms with Crippen LogP contribution in [0.25, 0.3) is 0 Å². The summed E-state index contributed by atoms with van der Waals surface area (Å²) in [5.41, 5.74) is 0.0212. The number of nitrogens with zero attached hydrogens (tertiary/aromatic N) is 3. The monoisotopic (exact) mass is 804 g/mol. The molecular formula is C42H53N4O10P. The van der Waals surface area contributed by atoms with Crippen molar-refractivity contribution in [2.45, 2.75) is 76.3 Å². The van der Waals surface area contributed by atoms with Gasteiger partial charge in [0.25, 0.3) is 14.1 Å². The highest BCUT2D eigenvalue weighted by Crippen LogP contribution is 2.51. The summed E-state index contributed by atoms with van der Waals surface area (Å²) in [6, 6.07) is 28.6. The van der Waals surface area contributed by atoms with Crippen LogP contribution in [0.2, 0.25) is 0 Å². The minimum Gasteiger partial charge on any atom is -0.497 e. The molecule has 2 heterocycles. The molecule has 0 bridgehead atoms. The highest BCUT2D eigenvalue weighted by atomic mass is 31.2. The van der Waals surface area contributed by atoms with E-state index >= 15 is 0 Å². The molecule has 0 radical (unpaired) electrons. The fourth-order valence-corrected chi connectivity index (χ4v) is 8.71. The summed E-state index contributed by atoms with van der Waals surface area (Å²) in [5, 5.41) is 9.40. The van der Waals surface area contributed by atoms with Gasteiger partial charge in [-0.3, -0.25) is 14.3 Å². The highest BCUT2D eigenvalue weighted by Gasteiger charge is 2.51. The molecular weight excluding hydrogens is 751 g/mol. The summed E-state index contributed by atoms with van der Waals surface area (Å²) in [7, 11) is 2.98. The minimum absolute atomic E-state index is 0.00318. The number of hydrogen-bond acceptors (Lipinski definition) is 12. The third-order valence-corrected chi connectivity index (χ3v) is 11.6. The van der Waals surface area contributed by atoms with E-state index in [4.69, 9.17) is 37.5 Å². The zero-order chi connectivity index (χ0) is 41.0. The summed E-state index contributed by atoms with van der Waals surface area (Å²) < 4.78 is 53.7. The molecule has 3 aromatic carbocycles. The lowest BCUT2D eigenvalue weighted by atomic mass is 9.80. The first-order valence-electron chi connectivity index (χ1n) is 18.9. The molecule has 4 aromatic rings. The van der Waals surface area contributed by atoms with Crippen molar-refractivity contribution < 1.29 is 37.5 Å². The summed E-state index contributed by atoms with van der Waals surface area (Å²) >= 11 is 0. The summed E-state index contributed by atoms with van der Waals surface area (Å²) in [5.74, 6) is 1.36. The van der Waals surface area contributed by atoms with E-state index in [-0.39, 0.29) is 44.9 Å². The number of rotatable bonds is 21. The molecule has 1 aliphatic rings. The van der Waals surface area contributed by atoms with Gasteiger partial charge in [-0.1, -0.05) is 54.6 Å². The molecule has 5 unspecified atom stereocenters. The van der Waals surface area contributed by atoms with Crippen LogP contribution in [0.1, 0.15) is 57.0 Å². The van der Waals surface area contributed by atoms with E-state index in [1.807, 2.05) is 107 Å². The SMILES string of the molecule is COCCOC1C(OP(OCCC#N)N(C(C)C)C(C)C)C(COC(c2ccccc2)(c2ccc(OC)cc2)c2ccc(OC)cc2)OC1n1ccc(=O)[nH]c1=O. The fourth-order valence-electron chi connectivity index (χ4n) is 6.95. The van der Waals surface area contributed by atoms with Gasteiger partial charge in [0.05, 0.1) is 53.1 Å². The molecule has 0 aliphatic carbocycles. The van der Waals surface area contributed by atoms with E-state index in [2.05, 4.69) is 15.7 Å². The largest absolute Gasteiger partial charge is 0.497 e. The number of aromatic amines is 1. The van der Waals surface area contributed by atoms with Crippen LogP contribution in [0.5, 0.6) is 11.5 Å². The standard InChI is InChI=1S/C42H53N4O10P/c1-29(2)46(30(3)4)57(54-25-11-23-43)56-38-36(55-40(39(38)52-27-26-49-5)45-24-22-37(47)44-41(45)48)28-53-42(31-12-9-8-10-13-31,32-14-18-34(50-6)19-15-32)33-16-20-35(51-7)21-17-33/h8-10,12-22,24,29-30,36,38-40H,11,25-28H2,1-7H3,(H,44,47,48). The number of H-pyrrole nitrogens is 1. The Morgan fingerprint density at radius 2 is 1.42 bits per heavy atom. The van der Waals surface area contributed by atoms with Gasteiger partial charge in [0.1, 0.15) is 35.4 Å². The molecule has 1 saturated heterocycles. The van der Waals surface area contributed by atoms with E-state index in [1.165, 1.54) is 16.8 Å². The first-order chi connectivity index (χ1) is 27.6. The minimum atomic E-state index is -1.82. The second kappa shape index (κ2) is 20.8. The zero-order valence-electron chi connectivity index (χ0n) is 33.5. The van der Waals surface area contributed by atoms with Crippen molar-refractivity contribution in [1.82, 2.24) is 14.2 Å². The Labute approximate surface area is 335 Å². The van der Waals surface area contributed by atoms with Gasteiger partial charge in [-0.25, -0.2) is 9.46 Å². The van der Waals surface area contributed by atoms with E-state index < -0.39 is 49.9 Å². The molecule has 0 amide bonds. The third kappa shape index (κ3) is 10.4. The maximum Gasteiger partial charge on any atom is 0.330 e. The number of aromatic nitrogens is 2. The Bertz CT molecular complexity index is 1930. The summed E-state index contributed by atoms with van der Waals surface area (Å²) in [4.78, 5) is 27.9. The number of nitriles is 1. The predicted molar refractivity (Wildman–Crippen MR) is 215 cm³/mol. The van der Waals surface area contributed by atoms with Crippen LogP contribution in [0.3, 0.4) is 0 Å². The second-order valence-corrected chi connectivity index (χ2v) is 15.2. The lowest BCUT2D eigenvalue weighted by molar-refractivity contribution is -0.0991. The fraction of sp³-hybridized carbons (Fsp3) is 0.452. The molecule has 14 nitrogen and oxygen atoms in total. The Hall–Kier alpha value is -4.42. The van der Waals surface area contributed by atoms with Crippen LogP contribution in [0.4, 0.5) is 0 Å². The van der Waals surface area contributed by atoms with Gasteiger partial charge in [-0.2, -0.15) is 5.26 Å². The predicted octanol–water partition coefficient (Wildman–Crippen LogP) is 6.15.